The third-order valence-electron chi connectivity index (χ3n) is 4.34. The van der Waals surface area contributed by atoms with Gasteiger partial charge in [0.15, 0.2) is 5.65 Å². The molecule has 1 aromatic carbocycles. The van der Waals surface area contributed by atoms with E-state index in [1.807, 2.05) is 46.0 Å². The lowest BCUT2D eigenvalue weighted by Crippen LogP contribution is -2.31. The lowest BCUT2D eigenvalue weighted by Gasteiger charge is -2.23. The molecular formula is C20H29N7O2. The number of nitrogens with zero attached hydrogens (tertiary/aromatic N) is 4. The van der Waals surface area contributed by atoms with Crippen molar-refractivity contribution in [3.8, 4) is 0 Å². The zero-order chi connectivity index (χ0) is 21.2. The molecule has 0 aliphatic heterocycles. The van der Waals surface area contributed by atoms with E-state index in [1.54, 1.807) is 0 Å². The van der Waals surface area contributed by atoms with Gasteiger partial charge in [0, 0.05) is 25.0 Å². The summed E-state index contributed by atoms with van der Waals surface area (Å²) in [6.45, 7) is 7.84. The van der Waals surface area contributed by atoms with Crippen molar-refractivity contribution >= 4 is 22.8 Å². The molecule has 1 unspecified atom stereocenters. The van der Waals surface area contributed by atoms with Crippen LogP contribution in [0.4, 0.5) is 11.8 Å². The minimum Gasteiger partial charge on any atom is -0.365 e. The summed E-state index contributed by atoms with van der Waals surface area (Å²) >= 11 is 0. The van der Waals surface area contributed by atoms with Crippen molar-refractivity contribution in [1.29, 1.82) is 0 Å². The normalized spacial score (nSPS) is 13.5. The molecule has 0 saturated carbocycles. The second kappa shape index (κ2) is 7.94. The Balaban J connectivity index is 1.96. The van der Waals surface area contributed by atoms with Gasteiger partial charge in [-0.05, 0) is 33.4 Å². The molecule has 9 nitrogen and oxygen atoms in total. The molecule has 2 aromatic heterocycles. The standard InChI is InChI=1S/C20H29N7O2/c1-19(2,3)26-16-14-11-23-27(20(4,28)29)17(14)25-18(24-16)22-12-15(21-5)13-9-7-6-8-10-13/h6-11,15,21,28-29H,12H2,1-5H3,(H2,22,24,25,26). The van der Waals surface area contributed by atoms with E-state index in [2.05, 4.69) is 43.1 Å². The van der Waals surface area contributed by atoms with Gasteiger partial charge in [-0.15, -0.1) is 0 Å². The maximum absolute atomic E-state index is 10.0. The summed E-state index contributed by atoms with van der Waals surface area (Å²) in [5.41, 5.74) is 1.21. The summed E-state index contributed by atoms with van der Waals surface area (Å²) < 4.78 is 1.07. The van der Waals surface area contributed by atoms with Gasteiger partial charge in [0.2, 0.25) is 5.95 Å². The van der Waals surface area contributed by atoms with E-state index in [1.165, 1.54) is 13.1 Å². The molecule has 2 heterocycles. The Bertz CT molecular complexity index is 959. The number of nitrogens with one attached hydrogen (secondary N) is 3. The molecule has 0 amide bonds. The van der Waals surface area contributed by atoms with Crippen LogP contribution in [0.15, 0.2) is 36.5 Å². The fourth-order valence-electron chi connectivity index (χ4n) is 3.01. The topological polar surface area (TPSA) is 120 Å². The van der Waals surface area contributed by atoms with Gasteiger partial charge in [-0.25, -0.2) is 0 Å². The predicted octanol–water partition coefficient (Wildman–Crippen LogP) is 2.02. The number of benzene rings is 1. The highest BCUT2D eigenvalue weighted by molar-refractivity contribution is 5.87. The van der Waals surface area contributed by atoms with Gasteiger partial charge < -0.3 is 26.2 Å². The van der Waals surface area contributed by atoms with Gasteiger partial charge in [0.25, 0.3) is 5.91 Å². The van der Waals surface area contributed by atoms with E-state index in [-0.39, 0.29) is 11.6 Å². The van der Waals surface area contributed by atoms with E-state index in [0.717, 1.165) is 10.2 Å². The summed E-state index contributed by atoms with van der Waals surface area (Å²) in [7, 11) is 1.90. The molecule has 9 heteroatoms. The highest BCUT2D eigenvalue weighted by atomic mass is 16.5. The van der Waals surface area contributed by atoms with Crippen molar-refractivity contribution in [2.45, 2.75) is 45.2 Å². The number of likely N-dealkylation sites (N-methyl/N-ethyl adjacent to an activating group) is 1. The first-order valence-corrected chi connectivity index (χ1v) is 9.54. The predicted molar refractivity (Wildman–Crippen MR) is 114 cm³/mol. The Morgan fingerprint density at radius 2 is 1.76 bits per heavy atom. The van der Waals surface area contributed by atoms with Gasteiger partial charge in [-0.2, -0.15) is 19.7 Å². The van der Waals surface area contributed by atoms with Crippen LogP contribution in [0.2, 0.25) is 0 Å². The molecule has 3 aromatic rings. The van der Waals surface area contributed by atoms with E-state index in [0.29, 0.717) is 29.3 Å². The third kappa shape index (κ3) is 5.00. The zero-order valence-corrected chi connectivity index (χ0v) is 17.4. The highest BCUT2D eigenvalue weighted by Crippen LogP contribution is 2.27. The fourth-order valence-corrected chi connectivity index (χ4v) is 3.01. The number of fused-ring (bicyclic) bond motifs is 1. The van der Waals surface area contributed by atoms with E-state index < -0.39 is 5.91 Å². The molecule has 0 spiro atoms. The second-order valence-corrected chi connectivity index (χ2v) is 8.17. The number of hydrogen-bond donors (Lipinski definition) is 5. The molecule has 0 aliphatic carbocycles. The summed E-state index contributed by atoms with van der Waals surface area (Å²) in [4.78, 5) is 9.09. The molecule has 0 bridgehead atoms. The van der Waals surface area contributed by atoms with Crippen LogP contribution in [0.5, 0.6) is 0 Å². The highest BCUT2D eigenvalue weighted by Gasteiger charge is 2.25. The molecule has 0 aliphatic rings. The van der Waals surface area contributed by atoms with Crippen molar-refractivity contribution in [1.82, 2.24) is 25.1 Å². The average Bonchev–Trinajstić information content (AvgIpc) is 3.06. The van der Waals surface area contributed by atoms with Gasteiger partial charge in [0.1, 0.15) is 5.82 Å². The Hall–Kier alpha value is -2.75. The van der Waals surface area contributed by atoms with Crippen LogP contribution in [-0.2, 0) is 5.91 Å². The van der Waals surface area contributed by atoms with Crippen molar-refractivity contribution in [3.63, 3.8) is 0 Å². The van der Waals surface area contributed by atoms with E-state index >= 15 is 0 Å². The molecule has 0 saturated heterocycles. The number of aromatic nitrogens is 4. The lowest BCUT2D eigenvalue weighted by atomic mass is 10.1. The number of rotatable bonds is 7. The molecular weight excluding hydrogens is 370 g/mol. The zero-order valence-electron chi connectivity index (χ0n) is 17.4. The van der Waals surface area contributed by atoms with Crippen molar-refractivity contribution in [3.05, 3.63) is 42.1 Å². The van der Waals surface area contributed by atoms with Crippen LogP contribution in [0.25, 0.3) is 11.0 Å². The molecule has 156 valence electrons. The third-order valence-corrected chi connectivity index (χ3v) is 4.34. The smallest absolute Gasteiger partial charge is 0.264 e. The average molecular weight is 399 g/mol. The van der Waals surface area contributed by atoms with Crippen molar-refractivity contribution in [2.24, 2.45) is 0 Å². The molecule has 1 atom stereocenters. The monoisotopic (exact) mass is 399 g/mol. The summed E-state index contributed by atoms with van der Waals surface area (Å²) in [5.74, 6) is -1.24. The molecule has 0 fully saturated rings. The Kier molecular flexibility index (Phi) is 5.74. The second-order valence-electron chi connectivity index (χ2n) is 8.17. The van der Waals surface area contributed by atoms with Crippen molar-refractivity contribution in [2.75, 3.05) is 24.2 Å². The SMILES string of the molecule is CNC(CNc1nc(NC(C)(C)C)c2cnn(C(C)(O)O)c2n1)c1ccccc1. The first-order valence-electron chi connectivity index (χ1n) is 9.54. The molecule has 3 rings (SSSR count). The van der Waals surface area contributed by atoms with Crippen LogP contribution in [0.3, 0.4) is 0 Å². The number of aliphatic hydroxyl groups is 2. The van der Waals surface area contributed by atoms with Crippen LogP contribution >= 0.6 is 0 Å². The quantitative estimate of drug-likeness (QED) is 0.383. The minimum absolute atomic E-state index is 0.0559. The van der Waals surface area contributed by atoms with Crippen LogP contribution in [0, 0.1) is 0 Å². The maximum atomic E-state index is 10.0. The number of hydrogen-bond acceptors (Lipinski definition) is 8. The van der Waals surface area contributed by atoms with Gasteiger partial charge in [-0.3, -0.25) is 0 Å². The molecule has 0 radical (unpaired) electrons. The van der Waals surface area contributed by atoms with Crippen molar-refractivity contribution < 1.29 is 10.2 Å². The summed E-state index contributed by atoms with van der Waals surface area (Å²) in [6, 6.07) is 10.1. The molecule has 5 N–H and O–H groups in total. The maximum Gasteiger partial charge on any atom is 0.264 e. The minimum atomic E-state index is -2.18. The first-order chi connectivity index (χ1) is 13.6. The first kappa shape index (κ1) is 21.0. The largest absolute Gasteiger partial charge is 0.365 e. The molecule has 29 heavy (non-hydrogen) atoms. The van der Waals surface area contributed by atoms with Crippen LogP contribution < -0.4 is 16.0 Å². The number of anilines is 2. The van der Waals surface area contributed by atoms with E-state index in [4.69, 9.17) is 0 Å². The Labute approximate surface area is 170 Å². The van der Waals surface area contributed by atoms with Gasteiger partial charge in [-0.1, -0.05) is 30.3 Å². The Morgan fingerprint density at radius 1 is 1.07 bits per heavy atom. The van der Waals surface area contributed by atoms with E-state index in [9.17, 15) is 10.2 Å². The van der Waals surface area contributed by atoms with Gasteiger partial charge >= 0.3 is 0 Å². The van der Waals surface area contributed by atoms with Crippen LogP contribution in [0.1, 0.15) is 39.3 Å². The van der Waals surface area contributed by atoms with Crippen LogP contribution in [-0.4, -0.2) is 49.1 Å². The summed E-state index contributed by atoms with van der Waals surface area (Å²) in [5, 5.41) is 34.6. The fraction of sp³-hybridized carbons (Fsp3) is 0.450. The summed E-state index contributed by atoms with van der Waals surface area (Å²) in [6.07, 6.45) is 1.53. The Morgan fingerprint density at radius 3 is 2.34 bits per heavy atom. The lowest BCUT2D eigenvalue weighted by molar-refractivity contribution is -0.217. The van der Waals surface area contributed by atoms with Gasteiger partial charge in [0.05, 0.1) is 11.6 Å².